The van der Waals surface area contributed by atoms with E-state index in [2.05, 4.69) is 25.9 Å². The second kappa shape index (κ2) is 5.52. The lowest BCUT2D eigenvalue weighted by Crippen LogP contribution is -2.03. The van der Waals surface area contributed by atoms with Gasteiger partial charge in [0.25, 0.3) is 0 Å². The highest BCUT2D eigenvalue weighted by Crippen LogP contribution is 2.26. The van der Waals surface area contributed by atoms with Crippen molar-refractivity contribution in [2.75, 3.05) is 5.73 Å². The molecule has 2 rings (SSSR count). The first-order valence-electron chi connectivity index (χ1n) is 5.73. The van der Waals surface area contributed by atoms with Crippen LogP contribution in [0.2, 0.25) is 0 Å². The number of nitrogens with two attached hydrogens (primary N) is 1. The van der Waals surface area contributed by atoms with Gasteiger partial charge >= 0.3 is 0 Å². The Kier molecular flexibility index (Phi) is 3.99. The summed E-state index contributed by atoms with van der Waals surface area (Å²) in [6, 6.07) is 5.90. The standard InChI is InChI=1S/C13H13BrFN3O/c1-7(2)13-17-11(16)6-12(18-13)19-8-3-4-10(15)9(14)5-8/h3-7H,1-2H3,(H2,16,17,18). The van der Waals surface area contributed by atoms with Gasteiger partial charge in [-0.3, -0.25) is 0 Å². The normalized spacial score (nSPS) is 10.8. The van der Waals surface area contributed by atoms with Crippen LogP contribution in [0.25, 0.3) is 0 Å². The van der Waals surface area contributed by atoms with Crippen LogP contribution in [0.1, 0.15) is 25.6 Å². The van der Waals surface area contributed by atoms with Crippen LogP contribution in [0.15, 0.2) is 28.7 Å². The van der Waals surface area contributed by atoms with Crippen LogP contribution in [0.3, 0.4) is 0 Å². The molecule has 0 unspecified atom stereocenters. The van der Waals surface area contributed by atoms with Crippen molar-refractivity contribution in [2.24, 2.45) is 0 Å². The van der Waals surface area contributed by atoms with Crippen molar-refractivity contribution < 1.29 is 9.13 Å². The number of halogens is 2. The fraction of sp³-hybridized carbons (Fsp3) is 0.231. The zero-order valence-electron chi connectivity index (χ0n) is 10.5. The van der Waals surface area contributed by atoms with Crippen molar-refractivity contribution in [2.45, 2.75) is 19.8 Å². The van der Waals surface area contributed by atoms with Gasteiger partial charge in [0, 0.05) is 12.0 Å². The molecular weight excluding hydrogens is 313 g/mol. The smallest absolute Gasteiger partial charge is 0.224 e. The van der Waals surface area contributed by atoms with Crippen molar-refractivity contribution in [3.8, 4) is 11.6 Å². The van der Waals surface area contributed by atoms with E-state index in [9.17, 15) is 4.39 Å². The van der Waals surface area contributed by atoms with Gasteiger partial charge in [-0.1, -0.05) is 13.8 Å². The third-order valence-corrected chi connectivity index (χ3v) is 2.98. The van der Waals surface area contributed by atoms with E-state index in [-0.39, 0.29) is 11.7 Å². The molecule has 1 heterocycles. The zero-order valence-corrected chi connectivity index (χ0v) is 12.1. The molecule has 0 bridgehead atoms. The van der Waals surface area contributed by atoms with Crippen LogP contribution < -0.4 is 10.5 Å². The summed E-state index contributed by atoms with van der Waals surface area (Å²) in [5.41, 5.74) is 5.70. The number of nitrogen functional groups attached to an aromatic ring is 1. The van der Waals surface area contributed by atoms with Crippen LogP contribution in [0.4, 0.5) is 10.2 Å². The molecule has 6 heteroatoms. The minimum absolute atomic E-state index is 0.144. The van der Waals surface area contributed by atoms with E-state index in [1.807, 2.05) is 13.8 Å². The third-order valence-electron chi connectivity index (χ3n) is 2.37. The number of ether oxygens (including phenoxy) is 1. The number of hydrogen-bond donors (Lipinski definition) is 1. The number of aromatic nitrogens is 2. The summed E-state index contributed by atoms with van der Waals surface area (Å²) in [7, 11) is 0. The van der Waals surface area contributed by atoms with Gasteiger partial charge in [-0.05, 0) is 34.1 Å². The predicted octanol–water partition coefficient (Wildman–Crippen LogP) is 3.88. The highest BCUT2D eigenvalue weighted by Gasteiger charge is 2.09. The van der Waals surface area contributed by atoms with Crippen LogP contribution in [0, 0.1) is 5.82 Å². The minimum Gasteiger partial charge on any atom is -0.439 e. The van der Waals surface area contributed by atoms with Gasteiger partial charge in [0.05, 0.1) is 4.47 Å². The Morgan fingerprint density at radius 2 is 2.00 bits per heavy atom. The van der Waals surface area contributed by atoms with Crippen LogP contribution in [-0.2, 0) is 0 Å². The lowest BCUT2D eigenvalue weighted by molar-refractivity contribution is 0.455. The van der Waals surface area contributed by atoms with Gasteiger partial charge in [-0.15, -0.1) is 0 Å². The van der Waals surface area contributed by atoms with Crippen molar-refractivity contribution in [1.29, 1.82) is 0 Å². The maximum Gasteiger partial charge on any atom is 0.224 e. The lowest BCUT2D eigenvalue weighted by atomic mass is 10.2. The van der Waals surface area contributed by atoms with E-state index < -0.39 is 0 Å². The Bertz CT molecular complexity index is 604. The summed E-state index contributed by atoms with van der Waals surface area (Å²) in [4.78, 5) is 8.38. The van der Waals surface area contributed by atoms with Crippen LogP contribution >= 0.6 is 15.9 Å². The van der Waals surface area contributed by atoms with Crippen molar-refractivity contribution in [1.82, 2.24) is 9.97 Å². The summed E-state index contributed by atoms with van der Waals surface area (Å²) in [6.45, 7) is 3.93. The number of nitrogens with zero attached hydrogens (tertiary/aromatic N) is 2. The predicted molar refractivity (Wildman–Crippen MR) is 74.7 cm³/mol. The second-order valence-corrected chi connectivity index (χ2v) is 5.18. The summed E-state index contributed by atoms with van der Waals surface area (Å²) >= 11 is 3.10. The topological polar surface area (TPSA) is 61.0 Å². The van der Waals surface area contributed by atoms with E-state index in [1.54, 1.807) is 0 Å². The molecule has 1 aromatic carbocycles. The Balaban J connectivity index is 2.29. The number of hydrogen-bond acceptors (Lipinski definition) is 4. The Labute approximate surface area is 119 Å². The molecule has 2 N–H and O–H groups in total. The molecule has 0 saturated heterocycles. The molecule has 0 aliphatic heterocycles. The van der Waals surface area contributed by atoms with Crippen molar-refractivity contribution >= 4 is 21.7 Å². The molecular formula is C13H13BrFN3O. The molecule has 0 radical (unpaired) electrons. The fourth-order valence-electron chi connectivity index (χ4n) is 1.43. The van der Waals surface area contributed by atoms with E-state index >= 15 is 0 Å². The van der Waals surface area contributed by atoms with Crippen molar-refractivity contribution in [3.05, 3.63) is 40.4 Å². The summed E-state index contributed by atoms with van der Waals surface area (Å²) in [6.07, 6.45) is 0. The summed E-state index contributed by atoms with van der Waals surface area (Å²) in [5, 5.41) is 0. The molecule has 0 fully saturated rings. The molecule has 0 atom stereocenters. The van der Waals surface area contributed by atoms with Gasteiger partial charge in [0.1, 0.15) is 23.2 Å². The second-order valence-electron chi connectivity index (χ2n) is 4.32. The van der Waals surface area contributed by atoms with Gasteiger partial charge in [0.2, 0.25) is 5.88 Å². The molecule has 0 aliphatic carbocycles. The molecule has 0 saturated carbocycles. The first-order valence-corrected chi connectivity index (χ1v) is 6.52. The molecule has 19 heavy (non-hydrogen) atoms. The van der Waals surface area contributed by atoms with E-state index in [0.717, 1.165) is 0 Å². The van der Waals surface area contributed by atoms with Crippen LogP contribution in [0.5, 0.6) is 11.6 Å². The van der Waals surface area contributed by atoms with E-state index in [1.165, 1.54) is 24.3 Å². The molecule has 0 amide bonds. The maximum atomic E-state index is 13.1. The molecule has 0 aliphatic rings. The minimum atomic E-state index is -0.350. The quantitative estimate of drug-likeness (QED) is 0.930. The lowest BCUT2D eigenvalue weighted by Gasteiger charge is -2.09. The van der Waals surface area contributed by atoms with E-state index in [4.69, 9.17) is 10.5 Å². The van der Waals surface area contributed by atoms with Gasteiger partial charge in [-0.25, -0.2) is 9.37 Å². The molecule has 4 nitrogen and oxygen atoms in total. The number of rotatable bonds is 3. The Morgan fingerprint density at radius 1 is 1.26 bits per heavy atom. The first kappa shape index (κ1) is 13.7. The maximum absolute atomic E-state index is 13.1. The number of benzene rings is 1. The van der Waals surface area contributed by atoms with Crippen molar-refractivity contribution in [3.63, 3.8) is 0 Å². The third kappa shape index (κ3) is 3.41. The van der Waals surface area contributed by atoms with Gasteiger partial charge in [-0.2, -0.15) is 4.98 Å². The molecule has 0 spiro atoms. The summed E-state index contributed by atoms with van der Waals surface area (Å²) < 4.78 is 19.0. The van der Waals surface area contributed by atoms with Crippen LogP contribution in [-0.4, -0.2) is 9.97 Å². The number of anilines is 1. The average molecular weight is 326 g/mol. The molecule has 100 valence electrons. The fourth-order valence-corrected chi connectivity index (χ4v) is 1.79. The monoisotopic (exact) mass is 325 g/mol. The molecule has 2 aromatic rings. The zero-order chi connectivity index (χ0) is 14.0. The van der Waals surface area contributed by atoms with E-state index in [0.29, 0.717) is 27.7 Å². The molecule has 1 aromatic heterocycles. The SMILES string of the molecule is CC(C)c1nc(N)cc(Oc2ccc(F)c(Br)c2)n1. The van der Waals surface area contributed by atoms with Gasteiger partial charge in [0.15, 0.2) is 0 Å². The van der Waals surface area contributed by atoms with Gasteiger partial charge < -0.3 is 10.5 Å². The first-order chi connectivity index (χ1) is 8.95. The highest BCUT2D eigenvalue weighted by atomic mass is 79.9. The largest absolute Gasteiger partial charge is 0.439 e. The Hall–Kier alpha value is -1.69. The highest BCUT2D eigenvalue weighted by molar-refractivity contribution is 9.10. The Morgan fingerprint density at radius 3 is 2.63 bits per heavy atom. The average Bonchev–Trinajstić information content (AvgIpc) is 2.33. The summed E-state index contributed by atoms with van der Waals surface area (Å²) in [5.74, 6) is 1.56.